The lowest BCUT2D eigenvalue weighted by atomic mass is 9.55. The molecule has 80 valence electrons. The topological polar surface area (TPSA) is 37.3 Å². The molecule has 2 heteroatoms. The van der Waals surface area contributed by atoms with Gasteiger partial charge in [0.2, 0.25) is 0 Å². The maximum atomic E-state index is 11.9. The number of carbonyl (C=O) groups excluding carboxylic acids is 1. The highest BCUT2D eigenvalue weighted by atomic mass is 16.3. The average molecular weight is 204 g/mol. The second-order valence-electron chi connectivity index (χ2n) is 5.27. The van der Waals surface area contributed by atoms with Crippen LogP contribution in [0.2, 0.25) is 0 Å². The smallest absolute Gasteiger partial charge is 0.141 e. The number of rotatable bonds is 0. The zero-order valence-corrected chi connectivity index (χ0v) is 8.94. The first-order valence-electron chi connectivity index (χ1n) is 5.69. The van der Waals surface area contributed by atoms with E-state index in [2.05, 4.69) is 13.0 Å². The van der Waals surface area contributed by atoms with Gasteiger partial charge in [-0.2, -0.15) is 0 Å². The zero-order chi connectivity index (χ0) is 10.6. The molecule has 0 aliphatic heterocycles. The van der Waals surface area contributed by atoms with E-state index >= 15 is 0 Å². The van der Waals surface area contributed by atoms with Crippen molar-refractivity contribution in [3.05, 3.63) is 23.8 Å². The van der Waals surface area contributed by atoms with Crippen LogP contribution in [0.5, 0.6) is 0 Å². The number of allylic oxidation sites excluding steroid dienone is 3. The predicted octanol–water partition coefficient (Wildman–Crippen LogP) is 1.85. The molecule has 2 nitrogen and oxygen atoms in total. The number of aliphatic hydroxyl groups is 1. The average Bonchev–Trinajstić information content (AvgIpc) is 2.53. The van der Waals surface area contributed by atoms with Crippen molar-refractivity contribution in [2.75, 3.05) is 0 Å². The third kappa shape index (κ3) is 1.06. The van der Waals surface area contributed by atoms with Gasteiger partial charge in [-0.1, -0.05) is 23.8 Å². The van der Waals surface area contributed by atoms with Crippen molar-refractivity contribution in [3.63, 3.8) is 0 Å². The number of carbonyl (C=O) groups is 1. The van der Waals surface area contributed by atoms with Crippen molar-refractivity contribution in [1.29, 1.82) is 0 Å². The Morgan fingerprint density at radius 3 is 2.93 bits per heavy atom. The van der Waals surface area contributed by atoms with Crippen LogP contribution in [0.1, 0.15) is 26.2 Å². The molecule has 0 amide bonds. The van der Waals surface area contributed by atoms with Crippen molar-refractivity contribution in [3.8, 4) is 0 Å². The Kier molecular flexibility index (Phi) is 1.76. The van der Waals surface area contributed by atoms with E-state index in [0.717, 1.165) is 12.8 Å². The lowest BCUT2D eigenvalue weighted by Gasteiger charge is -2.49. The Morgan fingerprint density at radius 2 is 2.33 bits per heavy atom. The summed E-state index contributed by atoms with van der Waals surface area (Å²) >= 11 is 0. The first-order chi connectivity index (χ1) is 7.13. The summed E-state index contributed by atoms with van der Waals surface area (Å²) in [5.41, 5.74) is 1.17. The Morgan fingerprint density at radius 1 is 1.53 bits per heavy atom. The molecule has 4 rings (SSSR count). The molecule has 2 bridgehead atoms. The SMILES string of the molecule is CC1=C[C@@H]2C(=O)C[C@H]1C[C@@]21CC=C[C@H]1O. The van der Waals surface area contributed by atoms with Crippen LogP contribution in [-0.4, -0.2) is 17.0 Å². The number of aliphatic hydroxyl groups excluding tert-OH is 1. The van der Waals surface area contributed by atoms with E-state index in [4.69, 9.17) is 0 Å². The maximum absolute atomic E-state index is 11.9. The normalized spacial score (nSPS) is 47.7. The largest absolute Gasteiger partial charge is 0.388 e. The van der Waals surface area contributed by atoms with Gasteiger partial charge in [-0.05, 0) is 25.7 Å². The minimum atomic E-state index is -0.418. The van der Waals surface area contributed by atoms with Crippen LogP contribution in [-0.2, 0) is 4.79 Å². The summed E-state index contributed by atoms with van der Waals surface area (Å²) in [7, 11) is 0. The Labute approximate surface area is 89.7 Å². The van der Waals surface area contributed by atoms with Gasteiger partial charge < -0.3 is 5.11 Å². The fourth-order valence-electron chi connectivity index (χ4n) is 3.57. The molecular weight excluding hydrogens is 188 g/mol. The number of Topliss-reactive ketones (excluding diaryl/α,β-unsaturated/α-hetero) is 1. The first-order valence-corrected chi connectivity index (χ1v) is 5.69. The number of hydrogen-bond donors (Lipinski definition) is 1. The lowest BCUT2D eigenvalue weighted by molar-refractivity contribution is -0.135. The Hall–Kier alpha value is -0.890. The summed E-state index contributed by atoms with van der Waals surface area (Å²) in [6.45, 7) is 2.12. The van der Waals surface area contributed by atoms with Crippen molar-refractivity contribution >= 4 is 5.78 Å². The third-order valence-corrected chi connectivity index (χ3v) is 4.52. The van der Waals surface area contributed by atoms with Crippen molar-refractivity contribution in [2.24, 2.45) is 17.3 Å². The standard InChI is InChI=1S/C13H16O2/c1-8-5-10-11(14)6-9(8)7-13(10)4-2-3-12(13)15/h2-3,5,9-10,12,15H,4,6-7H2,1H3/t9-,10+,12+,13-/m0/s1. The molecule has 0 radical (unpaired) electrons. The van der Waals surface area contributed by atoms with Crippen molar-refractivity contribution in [1.82, 2.24) is 0 Å². The van der Waals surface area contributed by atoms with E-state index in [0.29, 0.717) is 18.1 Å². The van der Waals surface area contributed by atoms with Crippen LogP contribution in [0.4, 0.5) is 0 Å². The van der Waals surface area contributed by atoms with Crippen molar-refractivity contribution < 1.29 is 9.90 Å². The molecule has 4 aliphatic carbocycles. The van der Waals surface area contributed by atoms with Gasteiger partial charge in [0.15, 0.2) is 0 Å². The number of hydrogen-bond acceptors (Lipinski definition) is 2. The van der Waals surface area contributed by atoms with Gasteiger partial charge in [-0.3, -0.25) is 4.79 Å². The zero-order valence-electron chi connectivity index (χ0n) is 8.94. The molecule has 1 spiro atoms. The molecule has 0 aromatic rings. The van der Waals surface area contributed by atoms with Gasteiger partial charge >= 0.3 is 0 Å². The van der Waals surface area contributed by atoms with E-state index in [-0.39, 0.29) is 11.3 Å². The van der Waals surface area contributed by atoms with E-state index < -0.39 is 6.10 Å². The molecule has 0 aromatic carbocycles. The predicted molar refractivity (Wildman–Crippen MR) is 57.2 cm³/mol. The molecule has 15 heavy (non-hydrogen) atoms. The summed E-state index contributed by atoms with van der Waals surface area (Å²) in [5.74, 6) is 0.684. The Balaban J connectivity index is 2.05. The molecule has 1 N–H and O–H groups in total. The minimum absolute atomic E-state index is 0.0347. The highest BCUT2D eigenvalue weighted by molar-refractivity contribution is 5.87. The fourth-order valence-corrected chi connectivity index (χ4v) is 3.57. The monoisotopic (exact) mass is 204 g/mol. The van der Waals surface area contributed by atoms with Gasteiger partial charge in [0.05, 0.1) is 6.10 Å². The molecule has 1 saturated carbocycles. The van der Waals surface area contributed by atoms with Crippen LogP contribution in [0.3, 0.4) is 0 Å². The maximum Gasteiger partial charge on any atom is 0.141 e. The highest BCUT2D eigenvalue weighted by Gasteiger charge is 2.54. The second kappa shape index (κ2) is 2.82. The van der Waals surface area contributed by atoms with Gasteiger partial charge in [0, 0.05) is 17.8 Å². The Bertz CT molecular complexity index is 380. The van der Waals surface area contributed by atoms with Crippen molar-refractivity contribution in [2.45, 2.75) is 32.3 Å². The summed E-state index contributed by atoms with van der Waals surface area (Å²) in [6.07, 6.45) is 8.13. The summed E-state index contributed by atoms with van der Waals surface area (Å²) in [4.78, 5) is 11.9. The quantitative estimate of drug-likeness (QED) is 0.611. The van der Waals surface area contributed by atoms with Crippen LogP contribution >= 0.6 is 0 Å². The van der Waals surface area contributed by atoms with Crippen LogP contribution in [0.25, 0.3) is 0 Å². The summed E-state index contributed by atoms with van der Waals surface area (Å²) < 4.78 is 0. The second-order valence-corrected chi connectivity index (χ2v) is 5.27. The minimum Gasteiger partial charge on any atom is -0.388 e. The van der Waals surface area contributed by atoms with E-state index in [1.165, 1.54) is 5.57 Å². The van der Waals surface area contributed by atoms with Gasteiger partial charge in [0.25, 0.3) is 0 Å². The molecular formula is C13H16O2. The molecule has 0 unspecified atom stereocenters. The third-order valence-electron chi connectivity index (χ3n) is 4.52. The molecule has 4 atom stereocenters. The van der Waals surface area contributed by atoms with Gasteiger partial charge in [-0.15, -0.1) is 0 Å². The van der Waals surface area contributed by atoms with Crippen LogP contribution in [0.15, 0.2) is 23.8 Å². The summed E-state index contributed by atoms with van der Waals surface area (Å²) in [5, 5.41) is 10.1. The molecule has 4 aliphatic rings. The molecule has 0 heterocycles. The summed E-state index contributed by atoms with van der Waals surface area (Å²) in [6, 6.07) is 0. The van der Waals surface area contributed by atoms with E-state index in [1.54, 1.807) is 0 Å². The number of fused-ring (bicyclic) bond motifs is 1. The van der Waals surface area contributed by atoms with E-state index in [9.17, 15) is 9.90 Å². The van der Waals surface area contributed by atoms with E-state index in [1.807, 2.05) is 12.2 Å². The first kappa shape index (κ1) is 9.34. The fraction of sp³-hybridized carbons (Fsp3) is 0.615. The number of ketones is 1. The molecule has 0 aromatic heterocycles. The molecule has 0 saturated heterocycles. The van der Waals surface area contributed by atoms with Crippen LogP contribution in [0, 0.1) is 17.3 Å². The van der Waals surface area contributed by atoms with Gasteiger partial charge in [0.1, 0.15) is 5.78 Å². The lowest BCUT2D eigenvalue weighted by Crippen LogP contribution is -2.50. The molecule has 1 fully saturated rings. The van der Waals surface area contributed by atoms with Gasteiger partial charge in [-0.25, -0.2) is 0 Å². The highest BCUT2D eigenvalue weighted by Crippen LogP contribution is 2.55. The van der Waals surface area contributed by atoms with Crippen LogP contribution < -0.4 is 0 Å².